The van der Waals surface area contributed by atoms with Crippen molar-refractivity contribution in [2.75, 3.05) is 0 Å². The molecule has 13 heavy (non-hydrogen) atoms. The molecule has 2 nitrogen and oxygen atoms in total. The van der Waals surface area contributed by atoms with Gasteiger partial charge in [0, 0.05) is 0 Å². The van der Waals surface area contributed by atoms with Gasteiger partial charge in [-0.2, -0.15) is 0 Å². The Bertz CT molecular complexity index is 338. The molecule has 0 unspecified atom stereocenters. The van der Waals surface area contributed by atoms with Crippen LogP contribution >= 0.6 is 15.9 Å². The first-order valence-corrected chi connectivity index (χ1v) is 4.73. The van der Waals surface area contributed by atoms with Crippen molar-refractivity contribution >= 4 is 15.9 Å². The van der Waals surface area contributed by atoms with Gasteiger partial charge < -0.3 is 10.2 Å². The van der Waals surface area contributed by atoms with Crippen molar-refractivity contribution in [2.45, 2.75) is 18.4 Å². The number of rotatable bonds is 1. The molecule has 0 amide bonds. The van der Waals surface area contributed by atoms with Gasteiger partial charge >= 0.3 is 0 Å². The van der Waals surface area contributed by atoms with E-state index in [4.69, 9.17) is 0 Å². The van der Waals surface area contributed by atoms with E-state index in [9.17, 15) is 14.6 Å². The third-order valence-corrected chi connectivity index (χ3v) is 3.05. The van der Waals surface area contributed by atoms with Gasteiger partial charge in [0.2, 0.25) is 0 Å². The summed E-state index contributed by atoms with van der Waals surface area (Å²) in [6.45, 7) is 0. The number of hydrogen-bond donors (Lipinski definition) is 2. The van der Waals surface area contributed by atoms with E-state index in [-0.39, 0.29) is 10.2 Å². The lowest BCUT2D eigenvalue weighted by Crippen LogP contribution is -2.04. The van der Waals surface area contributed by atoms with Crippen LogP contribution < -0.4 is 0 Å². The van der Waals surface area contributed by atoms with Crippen LogP contribution in [0.2, 0.25) is 0 Å². The fourth-order valence-corrected chi connectivity index (χ4v) is 1.48. The molecule has 1 aromatic carbocycles. The number of benzene rings is 1. The maximum Gasteiger partial charge on any atom is 0.141 e. The maximum absolute atomic E-state index is 13.1. The normalized spacial score (nSPS) is 18.7. The molecule has 0 spiro atoms. The molecule has 0 saturated heterocycles. The van der Waals surface area contributed by atoms with Crippen LogP contribution in [0.4, 0.5) is 4.39 Å². The van der Waals surface area contributed by atoms with E-state index in [0.29, 0.717) is 18.4 Å². The fourth-order valence-electron chi connectivity index (χ4n) is 1.25. The predicted octanol–water partition coefficient (Wildman–Crippen LogP) is 2.28. The van der Waals surface area contributed by atoms with Crippen molar-refractivity contribution in [2.24, 2.45) is 0 Å². The van der Waals surface area contributed by atoms with Crippen molar-refractivity contribution in [3.05, 3.63) is 28.0 Å². The van der Waals surface area contributed by atoms with Crippen LogP contribution in [0.15, 0.2) is 16.6 Å². The summed E-state index contributed by atoms with van der Waals surface area (Å²) in [6.07, 6.45) is 1.26. The van der Waals surface area contributed by atoms with Crippen molar-refractivity contribution in [1.29, 1.82) is 0 Å². The average molecular weight is 247 g/mol. The molecule has 0 aromatic heterocycles. The van der Waals surface area contributed by atoms with E-state index in [1.54, 1.807) is 0 Å². The highest BCUT2D eigenvalue weighted by molar-refractivity contribution is 9.10. The number of hydrogen-bond acceptors (Lipinski definition) is 2. The zero-order valence-corrected chi connectivity index (χ0v) is 8.31. The minimum Gasteiger partial charge on any atom is -0.507 e. The second-order valence-electron chi connectivity index (χ2n) is 3.32. The summed E-state index contributed by atoms with van der Waals surface area (Å²) in [4.78, 5) is 0. The Morgan fingerprint density at radius 1 is 1.38 bits per heavy atom. The Balaban J connectivity index is 2.50. The first kappa shape index (κ1) is 8.97. The lowest BCUT2D eigenvalue weighted by molar-refractivity contribution is 0.150. The Kier molecular flexibility index (Phi) is 1.85. The number of phenols is 1. The van der Waals surface area contributed by atoms with Crippen molar-refractivity contribution in [3.63, 3.8) is 0 Å². The highest BCUT2D eigenvalue weighted by atomic mass is 79.9. The topological polar surface area (TPSA) is 40.5 Å². The van der Waals surface area contributed by atoms with E-state index in [1.807, 2.05) is 0 Å². The third kappa shape index (κ3) is 1.44. The first-order valence-electron chi connectivity index (χ1n) is 3.94. The summed E-state index contributed by atoms with van der Waals surface area (Å²) < 4.78 is 13.1. The van der Waals surface area contributed by atoms with Gasteiger partial charge in [0.1, 0.15) is 11.6 Å². The molecule has 1 aliphatic rings. The number of aromatic hydroxyl groups is 1. The number of phenolic OH excluding ortho intramolecular Hbond substituents is 1. The molecular weight excluding hydrogens is 239 g/mol. The standard InChI is InChI=1S/C9H8BrFO2/c10-8-6(11)3-5(4-7(8)12)9(13)1-2-9/h3-4,12-13H,1-2H2. The van der Waals surface area contributed by atoms with Crippen LogP contribution in [0.5, 0.6) is 5.75 Å². The molecule has 0 atom stereocenters. The molecule has 1 aliphatic carbocycles. The van der Waals surface area contributed by atoms with Gasteiger partial charge in [-0.1, -0.05) is 0 Å². The van der Waals surface area contributed by atoms with Gasteiger partial charge in [0.25, 0.3) is 0 Å². The fraction of sp³-hybridized carbons (Fsp3) is 0.333. The quantitative estimate of drug-likeness (QED) is 0.799. The minimum atomic E-state index is -0.904. The SMILES string of the molecule is Oc1cc(C2(O)CC2)cc(F)c1Br. The third-order valence-electron chi connectivity index (χ3n) is 2.27. The lowest BCUT2D eigenvalue weighted by atomic mass is 10.1. The molecule has 0 heterocycles. The molecule has 2 rings (SSSR count). The Morgan fingerprint density at radius 2 is 2.00 bits per heavy atom. The van der Waals surface area contributed by atoms with Crippen molar-refractivity contribution in [3.8, 4) is 5.75 Å². The van der Waals surface area contributed by atoms with E-state index < -0.39 is 11.4 Å². The maximum atomic E-state index is 13.1. The lowest BCUT2D eigenvalue weighted by Gasteiger charge is -2.09. The van der Waals surface area contributed by atoms with Gasteiger partial charge in [-0.15, -0.1) is 0 Å². The Morgan fingerprint density at radius 3 is 2.46 bits per heavy atom. The number of aliphatic hydroxyl groups is 1. The second-order valence-corrected chi connectivity index (χ2v) is 4.12. The molecule has 4 heteroatoms. The molecule has 0 aliphatic heterocycles. The van der Waals surface area contributed by atoms with Gasteiger partial charge in [-0.05, 0) is 46.5 Å². The molecule has 2 N–H and O–H groups in total. The van der Waals surface area contributed by atoms with E-state index in [0.717, 1.165) is 0 Å². The molecule has 1 fully saturated rings. The highest BCUT2D eigenvalue weighted by Gasteiger charge is 2.42. The molecule has 0 radical (unpaired) electrons. The van der Waals surface area contributed by atoms with E-state index >= 15 is 0 Å². The van der Waals surface area contributed by atoms with Crippen LogP contribution in [0.25, 0.3) is 0 Å². The van der Waals surface area contributed by atoms with Gasteiger partial charge in [0.15, 0.2) is 0 Å². The summed E-state index contributed by atoms with van der Waals surface area (Å²) in [5.41, 5.74) is -0.454. The average Bonchev–Trinajstić information content (AvgIpc) is 2.80. The molecule has 1 aromatic rings. The monoisotopic (exact) mass is 246 g/mol. The Hall–Kier alpha value is -0.610. The van der Waals surface area contributed by atoms with Gasteiger partial charge in [-0.25, -0.2) is 4.39 Å². The minimum absolute atomic E-state index is 0.0421. The van der Waals surface area contributed by atoms with Gasteiger partial charge in [0.05, 0.1) is 10.1 Å². The molecule has 1 saturated carbocycles. The predicted molar refractivity (Wildman–Crippen MR) is 48.9 cm³/mol. The summed E-state index contributed by atoms with van der Waals surface area (Å²) in [6, 6.07) is 2.64. The molecule has 0 bridgehead atoms. The van der Waals surface area contributed by atoms with Crippen LogP contribution in [-0.2, 0) is 5.60 Å². The zero-order chi connectivity index (χ0) is 9.64. The van der Waals surface area contributed by atoms with Crippen LogP contribution in [0, 0.1) is 5.82 Å². The number of halogens is 2. The summed E-state index contributed by atoms with van der Waals surface area (Å²) >= 11 is 2.89. The first-order chi connectivity index (χ1) is 6.03. The molecular formula is C9H8BrFO2. The molecule has 70 valence electrons. The highest BCUT2D eigenvalue weighted by Crippen LogP contribution is 2.47. The van der Waals surface area contributed by atoms with Crippen molar-refractivity contribution < 1.29 is 14.6 Å². The largest absolute Gasteiger partial charge is 0.507 e. The summed E-state index contributed by atoms with van der Waals surface area (Å²) in [7, 11) is 0. The van der Waals surface area contributed by atoms with Crippen LogP contribution in [-0.4, -0.2) is 10.2 Å². The smallest absolute Gasteiger partial charge is 0.141 e. The van der Waals surface area contributed by atoms with E-state index in [2.05, 4.69) is 15.9 Å². The Labute approximate surface area is 83.1 Å². The van der Waals surface area contributed by atoms with Crippen molar-refractivity contribution in [1.82, 2.24) is 0 Å². The summed E-state index contributed by atoms with van der Waals surface area (Å²) in [5, 5.41) is 18.9. The summed E-state index contributed by atoms with van der Waals surface area (Å²) in [5.74, 6) is -0.717. The van der Waals surface area contributed by atoms with Crippen LogP contribution in [0.1, 0.15) is 18.4 Å². The zero-order valence-electron chi connectivity index (χ0n) is 6.72. The van der Waals surface area contributed by atoms with Gasteiger partial charge in [-0.3, -0.25) is 0 Å². The van der Waals surface area contributed by atoms with Crippen LogP contribution in [0.3, 0.4) is 0 Å². The van der Waals surface area contributed by atoms with E-state index in [1.165, 1.54) is 12.1 Å². The second kappa shape index (κ2) is 2.69.